The zero-order valence-corrected chi connectivity index (χ0v) is 13.7. The van der Waals surface area contributed by atoms with Crippen LogP contribution >= 0.6 is 15.9 Å². The van der Waals surface area contributed by atoms with Crippen LogP contribution in [0, 0.1) is 25.2 Å². The van der Waals surface area contributed by atoms with Gasteiger partial charge in [0, 0.05) is 21.8 Å². The van der Waals surface area contributed by atoms with Crippen LogP contribution < -0.4 is 0 Å². The lowest BCUT2D eigenvalue weighted by atomic mass is 10.1. The van der Waals surface area contributed by atoms with Gasteiger partial charge in [-0.25, -0.2) is 14.6 Å². The predicted octanol–water partition coefficient (Wildman–Crippen LogP) is 3.58. The summed E-state index contributed by atoms with van der Waals surface area (Å²) in [6.07, 6.45) is 1.69. The molecule has 108 valence electrons. The zero-order chi connectivity index (χ0) is 15.7. The predicted molar refractivity (Wildman–Crippen MR) is 86.5 cm³/mol. The van der Waals surface area contributed by atoms with Gasteiger partial charge in [-0.2, -0.15) is 10.4 Å². The summed E-state index contributed by atoms with van der Waals surface area (Å²) in [6, 6.07) is 11.7. The second kappa shape index (κ2) is 5.70. The Morgan fingerprint density at radius 1 is 1.14 bits per heavy atom. The van der Waals surface area contributed by atoms with E-state index in [1.807, 2.05) is 44.2 Å². The van der Waals surface area contributed by atoms with Gasteiger partial charge in [0.15, 0.2) is 5.82 Å². The standard InChI is InChI=1S/C16H12BrN5/c1-10-7-15(20-11(2)19-10)22-9-13(8-18)16(21-22)12-3-5-14(17)6-4-12/h3-7,9H,1-2H3. The quantitative estimate of drug-likeness (QED) is 0.706. The van der Waals surface area contributed by atoms with Crippen molar-refractivity contribution >= 4 is 15.9 Å². The highest BCUT2D eigenvalue weighted by atomic mass is 79.9. The van der Waals surface area contributed by atoms with Crippen molar-refractivity contribution < 1.29 is 0 Å². The van der Waals surface area contributed by atoms with Crippen molar-refractivity contribution in [1.82, 2.24) is 19.7 Å². The lowest BCUT2D eigenvalue weighted by Gasteiger charge is -2.03. The molecule has 2 aromatic heterocycles. The first-order chi connectivity index (χ1) is 10.6. The van der Waals surface area contributed by atoms with E-state index in [4.69, 9.17) is 0 Å². The van der Waals surface area contributed by atoms with E-state index >= 15 is 0 Å². The third-order valence-corrected chi connectivity index (χ3v) is 3.67. The normalized spacial score (nSPS) is 10.5. The van der Waals surface area contributed by atoms with Gasteiger partial charge in [0.25, 0.3) is 0 Å². The molecular formula is C16H12BrN5. The number of rotatable bonds is 2. The number of aryl methyl sites for hydroxylation is 2. The van der Waals surface area contributed by atoms with Crippen LogP contribution in [0.2, 0.25) is 0 Å². The van der Waals surface area contributed by atoms with E-state index in [1.54, 1.807) is 10.9 Å². The summed E-state index contributed by atoms with van der Waals surface area (Å²) in [7, 11) is 0. The van der Waals surface area contributed by atoms with Crippen LogP contribution in [-0.4, -0.2) is 19.7 Å². The summed E-state index contributed by atoms with van der Waals surface area (Å²) >= 11 is 3.40. The molecule has 0 aliphatic rings. The maximum Gasteiger partial charge on any atom is 0.157 e. The molecule has 5 nitrogen and oxygen atoms in total. The third-order valence-electron chi connectivity index (χ3n) is 3.14. The summed E-state index contributed by atoms with van der Waals surface area (Å²) in [6.45, 7) is 3.74. The summed E-state index contributed by atoms with van der Waals surface area (Å²) in [5.41, 5.74) is 2.91. The molecule has 0 atom stereocenters. The fourth-order valence-electron chi connectivity index (χ4n) is 2.21. The molecule has 0 aliphatic heterocycles. The van der Waals surface area contributed by atoms with Gasteiger partial charge in [-0.15, -0.1) is 0 Å². The van der Waals surface area contributed by atoms with E-state index in [1.165, 1.54) is 0 Å². The Morgan fingerprint density at radius 2 is 1.86 bits per heavy atom. The topological polar surface area (TPSA) is 67.4 Å². The first-order valence-corrected chi connectivity index (χ1v) is 7.44. The van der Waals surface area contributed by atoms with Gasteiger partial charge in [0.2, 0.25) is 0 Å². The molecule has 6 heteroatoms. The largest absolute Gasteiger partial charge is 0.238 e. The van der Waals surface area contributed by atoms with Crippen molar-refractivity contribution in [2.45, 2.75) is 13.8 Å². The monoisotopic (exact) mass is 353 g/mol. The van der Waals surface area contributed by atoms with Crippen molar-refractivity contribution in [3.8, 4) is 23.1 Å². The van der Waals surface area contributed by atoms with E-state index in [0.29, 0.717) is 22.9 Å². The number of nitrogens with zero attached hydrogens (tertiary/aromatic N) is 5. The van der Waals surface area contributed by atoms with Gasteiger partial charge in [-0.05, 0) is 26.0 Å². The Labute approximate surface area is 136 Å². The van der Waals surface area contributed by atoms with Crippen LogP contribution in [0.4, 0.5) is 0 Å². The molecule has 0 bridgehead atoms. The molecule has 0 saturated heterocycles. The van der Waals surface area contributed by atoms with Gasteiger partial charge in [-0.1, -0.05) is 28.1 Å². The average Bonchev–Trinajstić information content (AvgIpc) is 2.91. The Bertz CT molecular complexity index is 854. The number of hydrogen-bond donors (Lipinski definition) is 0. The first kappa shape index (κ1) is 14.4. The number of hydrogen-bond acceptors (Lipinski definition) is 4. The molecule has 0 aliphatic carbocycles. The summed E-state index contributed by atoms with van der Waals surface area (Å²) in [4.78, 5) is 8.63. The highest BCUT2D eigenvalue weighted by Crippen LogP contribution is 2.24. The van der Waals surface area contributed by atoms with Crippen molar-refractivity contribution in [1.29, 1.82) is 5.26 Å². The molecule has 0 saturated carbocycles. The van der Waals surface area contributed by atoms with E-state index in [0.717, 1.165) is 15.7 Å². The van der Waals surface area contributed by atoms with Gasteiger partial charge >= 0.3 is 0 Å². The Kier molecular flexibility index (Phi) is 3.73. The smallest absolute Gasteiger partial charge is 0.157 e. The molecule has 0 N–H and O–H groups in total. The van der Waals surface area contributed by atoms with E-state index in [2.05, 4.69) is 37.1 Å². The molecule has 0 fully saturated rings. The summed E-state index contributed by atoms with van der Waals surface area (Å²) in [5, 5.41) is 13.9. The minimum atomic E-state index is 0.510. The number of halogens is 1. The molecule has 0 amide bonds. The Hall–Kier alpha value is -2.52. The molecule has 3 rings (SSSR count). The minimum Gasteiger partial charge on any atom is -0.238 e. The van der Waals surface area contributed by atoms with Gasteiger partial charge in [0.05, 0.1) is 11.8 Å². The van der Waals surface area contributed by atoms with Crippen molar-refractivity contribution in [2.24, 2.45) is 0 Å². The van der Waals surface area contributed by atoms with Crippen LogP contribution in [0.5, 0.6) is 0 Å². The van der Waals surface area contributed by atoms with Crippen LogP contribution in [0.25, 0.3) is 17.1 Å². The lowest BCUT2D eigenvalue weighted by molar-refractivity contribution is 0.824. The van der Waals surface area contributed by atoms with Gasteiger partial charge < -0.3 is 0 Å². The van der Waals surface area contributed by atoms with Crippen LogP contribution in [0.3, 0.4) is 0 Å². The molecule has 2 heterocycles. The second-order valence-electron chi connectivity index (χ2n) is 4.87. The summed E-state index contributed by atoms with van der Waals surface area (Å²) < 4.78 is 2.61. The second-order valence-corrected chi connectivity index (χ2v) is 5.79. The van der Waals surface area contributed by atoms with E-state index < -0.39 is 0 Å². The first-order valence-electron chi connectivity index (χ1n) is 6.65. The summed E-state index contributed by atoms with van der Waals surface area (Å²) in [5.74, 6) is 1.33. The van der Waals surface area contributed by atoms with Gasteiger partial charge in [0.1, 0.15) is 17.6 Å². The number of nitriles is 1. The minimum absolute atomic E-state index is 0.510. The maximum atomic E-state index is 9.36. The molecule has 0 spiro atoms. The van der Waals surface area contributed by atoms with E-state index in [9.17, 15) is 5.26 Å². The van der Waals surface area contributed by atoms with Crippen LogP contribution in [-0.2, 0) is 0 Å². The number of benzene rings is 1. The third kappa shape index (κ3) is 2.76. The SMILES string of the molecule is Cc1cc(-n2cc(C#N)c(-c3ccc(Br)cc3)n2)nc(C)n1. The average molecular weight is 354 g/mol. The lowest BCUT2D eigenvalue weighted by Crippen LogP contribution is -2.02. The molecule has 0 radical (unpaired) electrons. The number of aromatic nitrogens is 4. The van der Waals surface area contributed by atoms with Crippen molar-refractivity contribution in [2.75, 3.05) is 0 Å². The van der Waals surface area contributed by atoms with E-state index in [-0.39, 0.29) is 0 Å². The highest BCUT2D eigenvalue weighted by molar-refractivity contribution is 9.10. The molecule has 22 heavy (non-hydrogen) atoms. The van der Waals surface area contributed by atoms with Gasteiger partial charge in [-0.3, -0.25) is 0 Å². The fraction of sp³-hybridized carbons (Fsp3) is 0.125. The molecule has 0 unspecified atom stereocenters. The van der Waals surface area contributed by atoms with Crippen LogP contribution in [0.1, 0.15) is 17.1 Å². The molecular weight excluding hydrogens is 342 g/mol. The van der Waals surface area contributed by atoms with Crippen LogP contribution in [0.15, 0.2) is 41.0 Å². The molecule has 1 aromatic carbocycles. The Balaban J connectivity index is 2.12. The van der Waals surface area contributed by atoms with Crippen molar-refractivity contribution in [3.63, 3.8) is 0 Å². The zero-order valence-electron chi connectivity index (χ0n) is 12.1. The highest BCUT2D eigenvalue weighted by Gasteiger charge is 2.13. The fourth-order valence-corrected chi connectivity index (χ4v) is 2.47. The molecule has 3 aromatic rings. The van der Waals surface area contributed by atoms with Crippen molar-refractivity contribution in [3.05, 3.63) is 58.1 Å². The maximum absolute atomic E-state index is 9.36. The Morgan fingerprint density at radius 3 is 2.50 bits per heavy atom.